The third kappa shape index (κ3) is 4.21. The van der Waals surface area contributed by atoms with Crippen LogP contribution < -0.4 is 5.32 Å². The molecule has 1 N–H and O–H groups in total. The van der Waals surface area contributed by atoms with Crippen molar-refractivity contribution in [2.45, 2.75) is 45.4 Å². The highest BCUT2D eigenvalue weighted by Gasteiger charge is 2.33. The number of rotatable bonds is 6. The number of nitrogens with one attached hydrogen (secondary N) is 1. The van der Waals surface area contributed by atoms with Crippen molar-refractivity contribution >= 4 is 27.5 Å². The lowest BCUT2D eigenvalue weighted by Crippen LogP contribution is -2.34. The van der Waals surface area contributed by atoms with Gasteiger partial charge < -0.3 is 5.32 Å². The molecule has 19 heavy (non-hydrogen) atoms. The third-order valence-corrected chi connectivity index (χ3v) is 5.02. The Hall–Kier alpha value is -0.0500. The molecule has 106 valence electrons. The van der Waals surface area contributed by atoms with Crippen molar-refractivity contribution in [3.8, 4) is 0 Å². The topological polar surface area (TPSA) is 12.0 Å². The van der Waals surface area contributed by atoms with Crippen molar-refractivity contribution in [2.75, 3.05) is 13.1 Å². The average Bonchev–Trinajstić information content (AvgIpc) is 2.82. The second kappa shape index (κ2) is 7.10. The Labute approximate surface area is 130 Å². The van der Waals surface area contributed by atoms with Crippen molar-refractivity contribution in [3.63, 3.8) is 0 Å². The molecule has 1 aliphatic rings. The number of hydrogen-bond acceptors (Lipinski definition) is 1. The smallest absolute Gasteiger partial charge is 0.0449 e. The zero-order valence-corrected chi connectivity index (χ0v) is 14.0. The SMILES string of the molecule is CCCNCC1(Cc2ccc(Br)cc2Cl)CCCC1. The fourth-order valence-corrected chi connectivity index (χ4v) is 3.88. The molecule has 2 rings (SSSR count). The Morgan fingerprint density at radius 3 is 2.68 bits per heavy atom. The Morgan fingerprint density at radius 2 is 2.05 bits per heavy atom. The summed E-state index contributed by atoms with van der Waals surface area (Å²) in [5.41, 5.74) is 1.72. The van der Waals surface area contributed by atoms with E-state index in [0.717, 1.165) is 29.0 Å². The van der Waals surface area contributed by atoms with Crippen LogP contribution in [-0.4, -0.2) is 13.1 Å². The van der Waals surface area contributed by atoms with Gasteiger partial charge in [-0.3, -0.25) is 0 Å². The van der Waals surface area contributed by atoms with Gasteiger partial charge in [0.05, 0.1) is 0 Å². The van der Waals surface area contributed by atoms with Gasteiger partial charge in [-0.1, -0.05) is 53.4 Å². The van der Waals surface area contributed by atoms with Crippen molar-refractivity contribution in [1.82, 2.24) is 5.32 Å². The van der Waals surface area contributed by atoms with E-state index >= 15 is 0 Å². The summed E-state index contributed by atoms with van der Waals surface area (Å²) in [5, 5.41) is 4.52. The molecule has 0 saturated heterocycles. The van der Waals surface area contributed by atoms with Crippen LogP contribution >= 0.6 is 27.5 Å². The monoisotopic (exact) mass is 343 g/mol. The molecule has 3 heteroatoms. The van der Waals surface area contributed by atoms with Gasteiger partial charge in [-0.05, 0) is 55.3 Å². The van der Waals surface area contributed by atoms with Gasteiger partial charge in [-0.15, -0.1) is 0 Å². The molecule has 1 saturated carbocycles. The Kier molecular flexibility index (Phi) is 5.73. The van der Waals surface area contributed by atoms with Gasteiger partial charge in [0.2, 0.25) is 0 Å². The predicted octanol–water partition coefficient (Wildman–Crippen LogP) is 5.21. The first-order valence-electron chi connectivity index (χ1n) is 7.30. The van der Waals surface area contributed by atoms with Gasteiger partial charge in [-0.25, -0.2) is 0 Å². The fourth-order valence-electron chi connectivity index (χ4n) is 3.14. The van der Waals surface area contributed by atoms with Gasteiger partial charge in [0.25, 0.3) is 0 Å². The highest BCUT2D eigenvalue weighted by molar-refractivity contribution is 9.10. The van der Waals surface area contributed by atoms with Crippen molar-refractivity contribution in [3.05, 3.63) is 33.3 Å². The maximum absolute atomic E-state index is 6.38. The lowest BCUT2D eigenvalue weighted by molar-refractivity contribution is 0.278. The van der Waals surface area contributed by atoms with Crippen LogP contribution in [0.1, 0.15) is 44.6 Å². The highest BCUT2D eigenvalue weighted by Crippen LogP contribution is 2.41. The van der Waals surface area contributed by atoms with Crippen molar-refractivity contribution in [1.29, 1.82) is 0 Å². The minimum atomic E-state index is 0.423. The van der Waals surface area contributed by atoms with Crippen molar-refractivity contribution < 1.29 is 0 Å². The molecule has 1 aromatic rings. The minimum Gasteiger partial charge on any atom is -0.316 e. The van der Waals surface area contributed by atoms with Gasteiger partial charge >= 0.3 is 0 Å². The second-order valence-corrected chi connectivity index (χ2v) is 7.12. The first-order valence-corrected chi connectivity index (χ1v) is 8.47. The molecule has 0 atom stereocenters. The van der Waals surface area contributed by atoms with Crippen LogP contribution in [0.3, 0.4) is 0 Å². The van der Waals surface area contributed by atoms with Crippen LogP contribution in [0.4, 0.5) is 0 Å². The normalized spacial score (nSPS) is 17.8. The van der Waals surface area contributed by atoms with Crippen LogP contribution in [-0.2, 0) is 6.42 Å². The summed E-state index contributed by atoms with van der Waals surface area (Å²) in [6.07, 6.45) is 7.70. The Balaban J connectivity index is 2.07. The van der Waals surface area contributed by atoms with Gasteiger partial charge in [-0.2, -0.15) is 0 Å². The molecule has 0 radical (unpaired) electrons. The summed E-state index contributed by atoms with van der Waals surface area (Å²) in [6, 6.07) is 6.29. The van der Waals surface area contributed by atoms with E-state index < -0.39 is 0 Å². The summed E-state index contributed by atoms with van der Waals surface area (Å²) in [6.45, 7) is 4.48. The summed E-state index contributed by atoms with van der Waals surface area (Å²) < 4.78 is 1.06. The summed E-state index contributed by atoms with van der Waals surface area (Å²) in [5.74, 6) is 0. The average molecular weight is 345 g/mol. The van der Waals surface area contributed by atoms with Gasteiger partial charge in [0.1, 0.15) is 0 Å². The first kappa shape index (κ1) is 15.3. The highest BCUT2D eigenvalue weighted by atomic mass is 79.9. The predicted molar refractivity (Wildman–Crippen MR) is 86.9 cm³/mol. The van der Waals surface area contributed by atoms with Crippen LogP contribution in [0.2, 0.25) is 5.02 Å². The van der Waals surface area contributed by atoms with Gasteiger partial charge in [0.15, 0.2) is 0 Å². The first-order chi connectivity index (χ1) is 9.15. The molecular weight excluding hydrogens is 322 g/mol. The second-order valence-electron chi connectivity index (χ2n) is 5.80. The number of benzene rings is 1. The van der Waals surface area contributed by atoms with Crippen LogP contribution in [0.25, 0.3) is 0 Å². The van der Waals surface area contributed by atoms with E-state index in [-0.39, 0.29) is 0 Å². The molecule has 1 nitrogen and oxygen atoms in total. The van der Waals surface area contributed by atoms with E-state index in [0.29, 0.717) is 5.41 Å². The van der Waals surface area contributed by atoms with E-state index in [1.807, 2.05) is 6.07 Å². The van der Waals surface area contributed by atoms with Crippen LogP contribution in [0.15, 0.2) is 22.7 Å². The lowest BCUT2D eigenvalue weighted by Gasteiger charge is -2.30. The minimum absolute atomic E-state index is 0.423. The number of hydrogen-bond donors (Lipinski definition) is 1. The standard InChI is InChI=1S/C16H23BrClN/c1-2-9-19-12-16(7-3-4-8-16)11-13-5-6-14(17)10-15(13)18/h5-6,10,19H,2-4,7-9,11-12H2,1H3. The largest absolute Gasteiger partial charge is 0.316 e. The van der Waals surface area contributed by atoms with Crippen molar-refractivity contribution in [2.24, 2.45) is 5.41 Å². The zero-order valence-electron chi connectivity index (χ0n) is 11.6. The third-order valence-electron chi connectivity index (χ3n) is 4.17. The molecule has 1 fully saturated rings. The molecule has 0 aliphatic heterocycles. The zero-order chi connectivity index (χ0) is 13.7. The quantitative estimate of drug-likeness (QED) is 0.699. The molecule has 1 aliphatic carbocycles. The molecule has 0 amide bonds. The van der Waals surface area contributed by atoms with Crippen LogP contribution in [0.5, 0.6) is 0 Å². The summed E-state index contributed by atoms with van der Waals surface area (Å²) in [7, 11) is 0. The Bertz CT molecular complexity index is 413. The molecule has 1 aromatic carbocycles. The van der Waals surface area contributed by atoms with Crippen LogP contribution in [0, 0.1) is 5.41 Å². The van der Waals surface area contributed by atoms with E-state index in [4.69, 9.17) is 11.6 Å². The Morgan fingerprint density at radius 1 is 1.32 bits per heavy atom. The molecule has 0 spiro atoms. The summed E-state index contributed by atoms with van der Waals surface area (Å²) >= 11 is 9.86. The lowest BCUT2D eigenvalue weighted by atomic mass is 9.80. The molecule has 0 unspecified atom stereocenters. The van der Waals surface area contributed by atoms with E-state index in [9.17, 15) is 0 Å². The van der Waals surface area contributed by atoms with E-state index in [2.05, 4.69) is 40.3 Å². The molecule has 0 heterocycles. The molecule has 0 aromatic heterocycles. The van der Waals surface area contributed by atoms with Gasteiger partial charge in [0, 0.05) is 16.0 Å². The maximum atomic E-state index is 6.38. The summed E-state index contributed by atoms with van der Waals surface area (Å²) in [4.78, 5) is 0. The molecule has 0 bridgehead atoms. The van der Waals surface area contributed by atoms with E-state index in [1.54, 1.807) is 0 Å². The fraction of sp³-hybridized carbons (Fsp3) is 0.625. The number of halogens is 2. The molecular formula is C16H23BrClN. The maximum Gasteiger partial charge on any atom is 0.0449 e. The van der Waals surface area contributed by atoms with E-state index in [1.165, 1.54) is 37.7 Å².